The van der Waals surface area contributed by atoms with Crippen molar-refractivity contribution in [2.45, 2.75) is 13.1 Å². The number of halogens is 3. The smallest absolute Gasteiger partial charge is 0.422 e. The van der Waals surface area contributed by atoms with Gasteiger partial charge < -0.3 is 10.1 Å². The summed E-state index contributed by atoms with van der Waals surface area (Å²) in [6.45, 7) is 3.61. The van der Waals surface area contributed by atoms with E-state index >= 15 is 0 Å². The standard InChI is InChI=1S/C7H10F3NO2/c1-5(2)3-11-6(12)13-4-7(8,9)10/h1,3-4H2,2H3,(H,11,12). The zero-order valence-electron chi connectivity index (χ0n) is 7.07. The second-order valence-corrected chi connectivity index (χ2v) is 2.50. The summed E-state index contributed by atoms with van der Waals surface area (Å²) in [5.74, 6) is 0. The minimum atomic E-state index is -4.49. The fourth-order valence-corrected chi connectivity index (χ4v) is 0.421. The molecule has 0 unspecified atom stereocenters. The summed E-state index contributed by atoms with van der Waals surface area (Å²) in [6.07, 6.45) is -5.58. The molecule has 0 fully saturated rings. The Bertz CT molecular complexity index is 200. The lowest BCUT2D eigenvalue weighted by Crippen LogP contribution is -2.29. The third-order valence-corrected chi connectivity index (χ3v) is 0.901. The van der Waals surface area contributed by atoms with Crippen molar-refractivity contribution in [3.8, 4) is 0 Å². The molecule has 0 aliphatic heterocycles. The number of carbonyl (C=O) groups is 1. The van der Waals surface area contributed by atoms with Gasteiger partial charge in [-0.1, -0.05) is 12.2 Å². The van der Waals surface area contributed by atoms with E-state index in [2.05, 4.69) is 16.6 Å². The lowest BCUT2D eigenvalue weighted by molar-refractivity contribution is -0.160. The van der Waals surface area contributed by atoms with Gasteiger partial charge in [0, 0.05) is 6.54 Å². The van der Waals surface area contributed by atoms with E-state index in [1.807, 2.05) is 0 Å². The van der Waals surface area contributed by atoms with Crippen LogP contribution in [0.15, 0.2) is 12.2 Å². The number of alkyl carbamates (subject to hydrolysis) is 1. The van der Waals surface area contributed by atoms with Crippen molar-refractivity contribution >= 4 is 6.09 Å². The van der Waals surface area contributed by atoms with Gasteiger partial charge in [0.2, 0.25) is 0 Å². The van der Waals surface area contributed by atoms with E-state index in [1.165, 1.54) is 0 Å². The first-order chi connectivity index (χ1) is 5.81. The van der Waals surface area contributed by atoms with E-state index in [0.29, 0.717) is 5.57 Å². The van der Waals surface area contributed by atoms with Crippen molar-refractivity contribution in [2.75, 3.05) is 13.2 Å². The topological polar surface area (TPSA) is 38.3 Å². The Hall–Kier alpha value is -1.20. The highest BCUT2D eigenvalue weighted by molar-refractivity contribution is 5.67. The molecule has 1 amide bonds. The summed E-state index contributed by atoms with van der Waals surface area (Å²) in [7, 11) is 0. The molecule has 76 valence electrons. The molecule has 0 aromatic heterocycles. The number of rotatable bonds is 3. The fourth-order valence-electron chi connectivity index (χ4n) is 0.421. The Morgan fingerprint density at radius 1 is 1.54 bits per heavy atom. The number of amides is 1. The maximum atomic E-state index is 11.5. The van der Waals surface area contributed by atoms with Gasteiger partial charge in [-0.3, -0.25) is 0 Å². The quantitative estimate of drug-likeness (QED) is 0.701. The van der Waals surface area contributed by atoms with Crippen molar-refractivity contribution in [1.29, 1.82) is 0 Å². The van der Waals surface area contributed by atoms with E-state index in [-0.39, 0.29) is 6.54 Å². The average Bonchev–Trinajstić information content (AvgIpc) is 1.95. The second-order valence-electron chi connectivity index (χ2n) is 2.50. The molecular weight excluding hydrogens is 187 g/mol. The van der Waals surface area contributed by atoms with Gasteiger partial charge in [0.05, 0.1) is 0 Å². The second kappa shape index (κ2) is 4.74. The van der Waals surface area contributed by atoms with Crippen LogP contribution in [0.2, 0.25) is 0 Å². The number of carbonyl (C=O) groups excluding carboxylic acids is 1. The zero-order valence-corrected chi connectivity index (χ0v) is 7.07. The summed E-state index contributed by atoms with van der Waals surface area (Å²) >= 11 is 0. The molecule has 0 spiro atoms. The zero-order chi connectivity index (χ0) is 10.5. The van der Waals surface area contributed by atoms with Crippen molar-refractivity contribution in [1.82, 2.24) is 5.32 Å². The normalized spacial score (nSPS) is 10.8. The molecule has 1 N–H and O–H groups in total. The molecule has 13 heavy (non-hydrogen) atoms. The summed E-state index contributed by atoms with van der Waals surface area (Å²) in [5.41, 5.74) is 0.629. The monoisotopic (exact) mass is 197 g/mol. The van der Waals surface area contributed by atoms with Gasteiger partial charge in [0.1, 0.15) is 0 Å². The Kier molecular flexibility index (Phi) is 4.30. The van der Waals surface area contributed by atoms with E-state index in [1.54, 1.807) is 6.92 Å². The van der Waals surface area contributed by atoms with Crippen molar-refractivity contribution in [3.63, 3.8) is 0 Å². The first kappa shape index (κ1) is 11.8. The molecule has 0 bridgehead atoms. The van der Waals surface area contributed by atoms with Crippen LogP contribution in [0, 0.1) is 0 Å². The number of ether oxygens (including phenoxy) is 1. The van der Waals surface area contributed by atoms with Gasteiger partial charge in [-0.2, -0.15) is 13.2 Å². The van der Waals surface area contributed by atoms with Gasteiger partial charge in [-0.25, -0.2) is 4.79 Å². The van der Waals surface area contributed by atoms with Crippen LogP contribution in [-0.4, -0.2) is 25.4 Å². The Morgan fingerprint density at radius 3 is 2.46 bits per heavy atom. The number of alkyl halides is 3. The van der Waals surface area contributed by atoms with Gasteiger partial charge >= 0.3 is 12.3 Å². The van der Waals surface area contributed by atoms with Crippen LogP contribution in [0.1, 0.15) is 6.92 Å². The maximum Gasteiger partial charge on any atom is 0.422 e. The maximum absolute atomic E-state index is 11.5. The van der Waals surface area contributed by atoms with E-state index in [9.17, 15) is 18.0 Å². The van der Waals surface area contributed by atoms with Gasteiger partial charge in [0.25, 0.3) is 0 Å². The molecule has 3 nitrogen and oxygen atoms in total. The van der Waals surface area contributed by atoms with Crippen LogP contribution in [0.4, 0.5) is 18.0 Å². The van der Waals surface area contributed by atoms with Crippen molar-refractivity contribution in [3.05, 3.63) is 12.2 Å². The van der Waals surface area contributed by atoms with Crippen LogP contribution < -0.4 is 5.32 Å². The van der Waals surface area contributed by atoms with E-state index in [0.717, 1.165) is 0 Å². The largest absolute Gasteiger partial charge is 0.440 e. The fraction of sp³-hybridized carbons (Fsp3) is 0.571. The van der Waals surface area contributed by atoms with Gasteiger partial charge in [0.15, 0.2) is 6.61 Å². The molecule has 6 heteroatoms. The molecule has 0 saturated heterocycles. The Morgan fingerprint density at radius 2 is 2.08 bits per heavy atom. The molecular formula is C7H10F3NO2. The predicted octanol–water partition coefficient (Wildman–Crippen LogP) is 1.85. The van der Waals surface area contributed by atoms with Crippen molar-refractivity contribution in [2.24, 2.45) is 0 Å². The first-order valence-electron chi connectivity index (χ1n) is 3.43. The summed E-state index contributed by atoms with van der Waals surface area (Å²) in [5, 5.41) is 2.09. The highest BCUT2D eigenvalue weighted by Gasteiger charge is 2.29. The molecule has 0 radical (unpaired) electrons. The van der Waals surface area contributed by atoms with Crippen LogP contribution in [-0.2, 0) is 4.74 Å². The molecule has 0 rings (SSSR count). The third kappa shape index (κ3) is 8.71. The van der Waals surface area contributed by atoms with Crippen LogP contribution >= 0.6 is 0 Å². The average molecular weight is 197 g/mol. The van der Waals surface area contributed by atoms with E-state index in [4.69, 9.17) is 0 Å². The summed E-state index contributed by atoms with van der Waals surface area (Å²) in [4.78, 5) is 10.5. The Balaban J connectivity index is 3.58. The minimum absolute atomic E-state index is 0.108. The van der Waals surface area contributed by atoms with Crippen molar-refractivity contribution < 1.29 is 22.7 Å². The lowest BCUT2D eigenvalue weighted by Gasteiger charge is -2.08. The molecule has 0 aliphatic carbocycles. The SMILES string of the molecule is C=C(C)CNC(=O)OCC(F)(F)F. The predicted molar refractivity (Wildman–Crippen MR) is 40.2 cm³/mol. The molecule has 0 heterocycles. The number of hydrogen-bond donors (Lipinski definition) is 1. The number of hydrogen-bond acceptors (Lipinski definition) is 2. The molecule has 0 aromatic rings. The highest BCUT2D eigenvalue weighted by Crippen LogP contribution is 2.14. The Labute approximate surface area is 73.6 Å². The minimum Gasteiger partial charge on any atom is -0.440 e. The molecule has 0 aliphatic rings. The first-order valence-corrected chi connectivity index (χ1v) is 3.43. The summed E-state index contributed by atoms with van der Waals surface area (Å²) in [6, 6.07) is 0. The van der Waals surface area contributed by atoms with Crippen LogP contribution in [0.3, 0.4) is 0 Å². The number of nitrogens with one attached hydrogen (secondary N) is 1. The summed E-state index contributed by atoms with van der Waals surface area (Å²) < 4.78 is 38.3. The molecule has 0 aromatic carbocycles. The lowest BCUT2D eigenvalue weighted by atomic mass is 10.4. The molecule has 0 saturated carbocycles. The van der Waals surface area contributed by atoms with Crippen LogP contribution in [0.25, 0.3) is 0 Å². The van der Waals surface area contributed by atoms with Crippen LogP contribution in [0.5, 0.6) is 0 Å². The van der Waals surface area contributed by atoms with Gasteiger partial charge in [-0.05, 0) is 6.92 Å². The highest BCUT2D eigenvalue weighted by atomic mass is 19.4. The van der Waals surface area contributed by atoms with E-state index < -0.39 is 18.9 Å². The third-order valence-electron chi connectivity index (χ3n) is 0.901. The molecule has 0 atom stereocenters. The van der Waals surface area contributed by atoms with Gasteiger partial charge in [-0.15, -0.1) is 0 Å².